The summed E-state index contributed by atoms with van der Waals surface area (Å²) in [7, 11) is 0. The highest BCUT2D eigenvalue weighted by Gasteiger charge is 2.16. The van der Waals surface area contributed by atoms with Gasteiger partial charge in [0.25, 0.3) is 0 Å². The van der Waals surface area contributed by atoms with Gasteiger partial charge in [-0.2, -0.15) is 0 Å². The van der Waals surface area contributed by atoms with Crippen LogP contribution in [0.3, 0.4) is 0 Å². The van der Waals surface area contributed by atoms with Crippen LogP contribution in [0.2, 0.25) is 0 Å². The Morgan fingerprint density at radius 3 is 2.82 bits per heavy atom. The maximum atomic E-state index is 11.7. The highest BCUT2D eigenvalue weighted by atomic mass is 16.2. The Labute approximate surface area is 103 Å². The normalized spacial score (nSPS) is 12.5. The number of carbonyl (C=O) groups is 1. The molecule has 0 fully saturated rings. The van der Waals surface area contributed by atoms with Crippen molar-refractivity contribution in [3.63, 3.8) is 0 Å². The van der Waals surface area contributed by atoms with Crippen LogP contribution in [-0.4, -0.2) is 16.9 Å². The second kappa shape index (κ2) is 6.35. The Balaban J connectivity index is 2.58. The molecule has 0 unspecified atom stereocenters. The van der Waals surface area contributed by atoms with Crippen LogP contribution in [0.25, 0.3) is 0 Å². The van der Waals surface area contributed by atoms with E-state index in [0.717, 1.165) is 17.7 Å². The largest absolute Gasteiger partial charge is 0.349 e. The van der Waals surface area contributed by atoms with Crippen LogP contribution in [0.5, 0.6) is 0 Å². The van der Waals surface area contributed by atoms with Gasteiger partial charge in [-0.05, 0) is 24.0 Å². The summed E-state index contributed by atoms with van der Waals surface area (Å²) >= 11 is 0. The second-order valence-electron chi connectivity index (χ2n) is 4.45. The lowest BCUT2D eigenvalue weighted by molar-refractivity contribution is -0.123. The molecule has 0 aliphatic carbocycles. The maximum Gasteiger partial charge on any atom is 0.237 e. The number of rotatable bonds is 5. The molecule has 4 nitrogen and oxygen atoms in total. The molecule has 0 radical (unpaired) electrons. The molecule has 0 aromatic carbocycles. The van der Waals surface area contributed by atoms with Crippen molar-refractivity contribution in [2.75, 3.05) is 0 Å². The first-order valence-corrected chi connectivity index (χ1v) is 6.02. The monoisotopic (exact) mass is 235 g/mol. The van der Waals surface area contributed by atoms with E-state index in [1.165, 1.54) is 0 Å². The number of amides is 1. The van der Waals surface area contributed by atoms with E-state index >= 15 is 0 Å². The van der Waals surface area contributed by atoms with E-state index in [1.54, 1.807) is 6.20 Å². The third-order valence-electron chi connectivity index (χ3n) is 2.82. The van der Waals surface area contributed by atoms with E-state index in [9.17, 15) is 4.79 Å². The molecular weight excluding hydrogens is 214 g/mol. The van der Waals surface area contributed by atoms with Crippen LogP contribution in [0.4, 0.5) is 0 Å². The van der Waals surface area contributed by atoms with Gasteiger partial charge >= 0.3 is 0 Å². The topological polar surface area (TPSA) is 68.0 Å². The fourth-order valence-corrected chi connectivity index (χ4v) is 1.54. The molecule has 1 rings (SSSR count). The molecule has 0 bridgehead atoms. The molecule has 1 aromatic rings. The lowest BCUT2D eigenvalue weighted by Gasteiger charge is -2.15. The molecule has 0 saturated carbocycles. The number of pyridine rings is 1. The molecule has 17 heavy (non-hydrogen) atoms. The van der Waals surface area contributed by atoms with E-state index in [2.05, 4.69) is 17.2 Å². The lowest BCUT2D eigenvalue weighted by Crippen LogP contribution is -2.43. The minimum absolute atomic E-state index is 0.118. The number of hydrogen-bond acceptors (Lipinski definition) is 3. The van der Waals surface area contributed by atoms with Crippen LogP contribution < -0.4 is 11.1 Å². The molecule has 0 spiro atoms. The van der Waals surface area contributed by atoms with Crippen molar-refractivity contribution in [2.45, 2.75) is 39.8 Å². The third kappa shape index (κ3) is 3.82. The van der Waals surface area contributed by atoms with E-state index in [0.29, 0.717) is 6.54 Å². The van der Waals surface area contributed by atoms with Crippen molar-refractivity contribution in [2.24, 2.45) is 11.7 Å². The average Bonchev–Trinajstić information content (AvgIpc) is 2.35. The van der Waals surface area contributed by atoms with Gasteiger partial charge in [-0.3, -0.25) is 9.78 Å². The van der Waals surface area contributed by atoms with Gasteiger partial charge in [0.1, 0.15) is 0 Å². The molecule has 1 amide bonds. The van der Waals surface area contributed by atoms with Gasteiger partial charge in [0.05, 0.1) is 18.3 Å². The van der Waals surface area contributed by atoms with Crippen molar-refractivity contribution < 1.29 is 4.79 Å². The minimum Gasteiger partial charge on any atom is -0.349 e. The molecule has 0 saturated heterocycles. The number of aryl methyl sites for hydroxylation is 1. The fourth-order valence-electron chi connectivity index (χ4n) is 1.54. The Hall–Kier alpha value is -1.42. The minimum atomic E-state index is -0.455. The molecule has 3 N–H and O–H groups in total. The van der Waals surface area contributed by atoms with Gasteiger partial charge < -0.3 is 11.1 Å². The predicted molar refractivity (Wildman–Crippen MR) is 68.3 cm³/mol. The Kier molecular flexibility index (Phi) is 5.10. The van der Waals surface area contributed by atoms with Crippen molar-refractivity contribution in [1.82, 2.24) is 10.3 Å². The third-order valence-corrected chi connectivity index (χ3v) is 2.82. The Morgan fingerprint density at radius 1 is 1.53 bits per heavy atom. The first kappa shape index (κ1) is 13.6. The van der Waals surface area contributed by atoms with Crippen LogP contribution in [0, 0.1) is 5.92 Å². The number of nitrogens with one attached hydrogen (secondary N) is 1. The molecule has 1 atom stereocenters. The standard InChI is InChI=1S/C13H21N3O/c1-4-10-6-5-7-15-11(10)8-16-13(17)12(14)9(2)3/h5-7,9,12H,4,8,14H2,1-3H3,(H,16,17)/t12-/m0/s1. The Morgan fingerprint density at radius 2 is 2.24 bits per heavy atom. The molecule has 94 valence electrons. The molecule has 1 heterocycles. The first-order valence-electron chi connectivity index (χ1n) is 6.02. The van der Waals surface area contributed by atoms with Gasteiger partial charge in [0, 0.05) is 6.20 Å². The van der Waals surface area contributed by atoms with E-state index < -0.39 is 6.04 Å². The van der Waals surface area contributed by atoms with Crippen molar-refractivity contribution in [1.29, 1.82) is 0 Å². The van der Waals surface area contributed by atoms with Crippen molar-refractivity contribution >= 4 is 5.91 Å². The van der Waals surface area contributed by atoms with E-state index in [-0.39, 0.29) is 11.8 Å². The summed E-state index contributed by atoms with van der Waals surface area (Å²) in [5.74, 6) is 0.0251. The Bertz CT molecular complexity index is 377. The van der Waals surface area contributed by atoms with Gasteiger partial charge in [-0.15, -0.1) is 0 Å². The van der Waals surface area contributed by atoms with Crippen molar-refractivity contribution in [3.8, 4) is 0 Å². The fraction of sp³-hybridized carbons (Fsp3) is 0.538. The quantitative estimate of drug-likeness (QED) is 0.807. The summed E-state index contributed by atoms with van der Waals surface area (Å²) in [6.07, 6.45) is 2.65. The summed E-state index contributed by atoms with van der Waals surface area (Å²) in [4.78, 5) is 16.0. The number of hydrogen-bond donors (Lipinski definition) is 2. The summed E-state index contributed by atoms with van der Waals surface area (Å²) < 4.78 is 0. The SMILES string of the molecule is CCc1cccnc1CNC(=O)[C@@H](N)C(C)C. The van der Waals surface area contributed by atoms with Crippen LogP contribution in [-0.2, 0) is 17.8 Å². The van der Waals surface area contributed by atoms with Gasteiger partial charge in [0.2, 0.25) is 5.91 Å². The first-order chi connectivity index (χ1) is 8.06. The molecular formula is C13H21N3O. The van der Waals surface area contributed by atoms with Gasteiger partial charge in [0.15, 0.2) is 0 Å². The summed E-state index contributed by atoms with van der Waals surface area (Å²) in [6.45, 7) is 6.39. The predicted octanol–water partition coefficient (Wildman–Crippen LogP) is 1.24. The number of aromatic nitrogens is 1. The van der Waals surface area contributed by atoms with E-state index in [1.807, 2.05) is 26.0 Å². The molecule has 1 aromatic heterocycles. The van der Waals surface area contributed by atoms with Gasteiger partial charge in [-0.1, -0.05) is 26.8 Å². The lowest BCUT2D eigenvalue weighted by atomic mass is 10.0. The smallest absolute Gasteiger partial charge is 0.237 e. The van der Waals surface area contributed by atoms with Gasteiger partial charge in [-0.25, -0.2) is 0 Å². The summed E-state index contributed by atoms with van der Waals surface area (Å²) in [6, 6.07) is 3.48. The number of nitrogens with two attached hydrogens (primary N) is 1. The van der Waals surface area contributed by atoms with Crippen molar-refractivity contribution in [3.05, 3.63) is 29.6 Å². The summed E-state index contributed by atoms with van der Waals surface area (Å²) in [5, 5.41) is 2.83. The molecule has 0 aliphatic heterocycles. The zero-order chi connectivity index (χ0) is 12.8. The molecule has 0 aliphatic rings. The molecule has 4 heteroatoms. The zero-order valence-corrected chi connectivity index (χ0v) is 10.7. The number of nitrogens with zero attached hydrogens (tertiary/aromatic N) is 1. The highest BCUT2D eigenvalue weighted by Crippen LogP contribution is 2.06. The maximum absolute atomic E-state index is 11.7. The van der Waals surface area contributed by atoms with Crippen LogP contribution >= 0.6 is 0 Å². The number of carbonyl (C=O) groups excluding carboxylic acids is 1. The van der Waals surface area contributed by atoms with Crippen LogP contribution in [0.1, 0.15) is 32.0 Å². The summed E-state index contributed by atoms with van der Waals surface area (Å²) in [5.41, 5.74) is 7.84. The zero-order valence-electron chi connectivity index (χ0n) is 10.7. The average molecular weight is 235 g/mol. The van der Waals surface area contributed by atoms with E-state index in [4.69, 9.17) is 5.73 Å². The second-order valence-corrected chi connectivity index (χ2v) is 4.45. The highest BCUT2D eigenvalue weighted by molar-refractivity contribution is 5.81. The van der Waals surface area contributed by atoms with Crippen LogP contribution in [0.15, 0.2) is 18.3 Å².